The predicted molar refractivity (Wildman–Crippen MR) is 254 cm³/mol. The van der Waals surface area contributed by atoms with E-state index in [1.54, 1.807) is 27.7 Å². The molecule has 9 rings (SSSR count). The maximum atomic E-state index is 8.70. The summed E-state index contributed by atoms with van der Waals surface area (Å²) >= 11 is 2.98. The molecule has 6 aromatic rings. The fourth-order valence-corrected chi connectivity index (χ4v) is 6.15. The smallest absolute Gasteiger partial charge is 0.405 e. The standard InChI is InChI=1S/C22H23BO2.C16H11Br.C12H24B2O4/c1-21(2)22(3,4)25-23(24-21)18-14-12-17(13-15-18)20-11-7-9-16-8-5-6-10-19(16)20;17-14-10-8-13(9-11-14)16-7-3-5-12-4-1-2-6-15(12)16;1-9(2)10(3,4)16-13(15-9)14-17-11(5,6)12(7,8)18-14/h5-15H,1-4H3;1-11H;1-8H3/i5D,6D,7D,8D,9D,10D,11D,12D,13D,14D,15D;1D,2D,3D,4D,5D,6D,7D,8D,9D,10D,11D;. The third-order valence-electron chi connectivity index (χ3n) is 11.6. The fraction of sp³-hybridized carbons (Fsp3) is 0.360. The van der Waals surface area contributed by atoms with Gasteiger partial charge >= 0.3 is 21.1 Å². The Balaban J connectivity index is 0.000000187. The van der Waals surface area contributed by atoms with E-state index in [2.05, 4.69) is 15.9 Å². The highest BCUT2D eigenvalue weighted by molar-refractivity contribution is 9.10. The Morgan fingerprint density at radius 2 is 0.700 bits per heavy atom. The van der Waals surface area contributed by atoms with Crippen molar-refractivity contribution in [2.45, 2.75) is 117 Å². The molecule has 3 heterocycles. The van der Waals surface area contributed by atoms with Gasteiger partial charge < -0.3 is 27.9 Å². The molecule has 3 aliphatic heterocycles. The van der Waals surface area contributed by atoms with Gasteiger partial charge in [0.25, 0.3) is 0 Å². The van der Waals surface area contributed by atoms with Gasteiger partial charge in [0.2, 0.25) is 0 Å². The minimum absolute atomic E-state index is 0.0906. The zero-order valence-corrected chi connectivity index (χ0v) is 37.1. The molecule has 0 aliphatic carbocycles. The summed E-state index contributed by atoms with van der Waals surface area (Å²) in [5.41, 5.74) is -4.65. The van der Waals surface area contributed by atoms with Crippen LogP contribution in [0.2, 0.25) is 0 Å². The normalized spacial score (nSPS) is 25.5. The van der Waals surface area contributed by atoms with Gasteiger partial charge in [-0.1, -0.05) is 137 Å². The molecule has 3 aliphatic rings. The first kappa shape index (κ1) is 24.2. The minimum atomic E-state index is -1.20. The molecule has 6 aromatic carbocycles. The zero-order chi connectivity index (χ0) is 62.4. The van der Waals surface area contributed by atoms with E-state index in [9.17, 15) is 0 Å². The van der Waals surface area contributed by atoms with E-state index in [-0.39, 0.29) is 70.6 Å². The van der Waals surface area contributed by atoms with E-state index in [1.807, 2.05) is 55.4 Å². The van der Waals surface area contributed by atoms with Crippen molar-refractivity contribution in [3.8, 4) is 22.3 Å². The lowest BCUT2D eigenvalue weighted by atomic mass is 9.49. The summed E-state index contributed by atoms with van der Waals surface area (Å²) in [6, 6.07) is -12.6. The van der Waals surface area contributed by atoms with E-state index in [0.717, 1.165) is 0 Å². The average Bonchev–Trinajstić information content (AvgIpc) is 3.86. The van der Waals surface area contributed by atoms with E-state index in [0.29, 0.717) is 0 Å². The summed E-state index contributed by atoms with van der Waals surface area (Å²) in [4.78, 5) is 0. The van der Waals surface area contributed by atoms with Crippen molar-refractivity contribution >= 4 is 64.1 Å². The molecule has 3 fully saturated rings. The first-order valence-electron chi connectivity index (χ1n) is 30.2. The highest BCUT2D eigenvalue weighted by Crippen LogP contribution is 2.43. The van der Waals surface area contributed by atoms with E-state index >= 15 is 0 Å². The number of rotatable bonds is 4. The first-order valence-corrected chi connectivity index (χ1v) is 20.0. The lowest BCUT2D eigenvalue weighted by molar-refractivity contribution is 0.00578. The molecule has 0 spiro atoms. The Labute approximate surface area is 398 Å². The van der Waals surface area contributed by atoms with Crippen molar-refractivity contribution in [3.05, 3.63) is 137 Å². The van der Waals surface area contributed by atoms with Crippen molar-refractivity contribution < 1.29 is 58.1 Å². The van der Waals surface area contributed by atoms with Crippen LogP contribution < -0.4 is 5.46 Å². The van der Waals surface area contributed by atoms with Crippen molar-refractivity contribution in [1.82, 2.24) is 0 Å². The molecule has 10 heteroatoms. The van der Waals surface area contributed by atoms with Crippen LogP contribution in [0.4, 0.5) is 0 Å². The van der Waals surface area contributed by atoms with Crippen LogP contribution in [0.1, 0.15) is 113 Å². The number of hydrogen-bond donors (Lipinski definition) is 0. The Hall–Kier alpha value is -3.73. The average molecular weight is 889 g/mol. The molecule has 6 nitrogen and oxygen atoms in total. The van der Waals surface area contributed by atoms with Gasteiger partial charge in [0, 0.05) is 4.47 Å². The molecule has 0 amide bonds. The molecule has 0 bridgehead atoms. The van der Waals surface area contributed by atoms with Crippen molar-refractivity contribution in [2.24, 2.45) is 0 Å². The third kappa shape index (κ3) is 8.94. The topological polar surface area (TPSA) is 55.4 Å². The van der Waals surface area contributed by atoms with Gasteiger partial charge in [0.1, 0.15) is 0 Å². The van der Waals surface area contributed by atoms with Crippen LogP contribution in [0.5, 0.6) is 0 Å². The molecular formula is C50H58B3BrO6. The summed E-state index contributed by atoms with van der Waals surface area (Å²) in [5.74, 6) is 0. The van der Waals surface area contributed by atoms with Gasteiger partial charge in [-0.2, -0.15) is 0 Å². The van der Waals surface area contributed by atoms with Gasteiger partial charge in [-0.25, -0.2) is 0 Å². The van der Waals surface area contributed by atoms with Gasteiger partial charge in [-0.05, 0) is 144 Å². The van der Waals surface area contributed by atoms with E-state index in [1.165, 1.54) is 0 Å². The molecule has 0 saturated carbocycles. The van der Waals surface area contributed by atoms with Crippen LogP contribution in [0, 0.1) is 0 Å². The molecule has 310 valence electrons. The van der Waals surface area contributed by atoms with E-state index in [4.69, 9.17) is 58.1 Å². The second kappa shape index (κ2) is 16.5. The quantitative estimate of drug-likeness (QED) is 0.164. The summed E-state index contributed by atoms with van der Waals surface area (Å²) in [7, 11) is -2.16. The molecule has 0 aromatic heterocycles. The second-order valence-corrected chi connectivity index (χ2v) is 18.1. The monoisotopic (exact) mass is 889 g/mol. The first-order chi connectivity index (χ1) is 37.3. The van der Waals surface area contributed by atoms with Gasteiger partial charge in [0.15, 0.2) is 0 Å². The minimum Gasteiger partial charge on any atom is -0.405 e. The third-order valence-corrected chi connectivity index (χ3v) is 12.0. The van der Waals surface area contributed by atoms with Gasteiger partial charge in [-0.3, -0.25) is 0 Å². The summed E-state index contributed by atoms with van der Waals surface area (Å²) in [5, 5.41) is -1.22. The Bertz CT molecular complexity index is 3560. The highest BCUT2D eigenvalue weighted by Gasteiger charge is 2.63. The molecule has 60 heavy (non-hydrogen) atoms. The molecule has 0 unspecified atom stereocenters. The molecule has 0 N–H and O–H groups in total. The fourth-order valence-electron chi connectivity index (χ4n) is 5.95. The van der Waals surface area contributed by atoms with Crippen LogP contribution in [0.15, 0.2) is 137 Å². The SMILES string of the molecule is CC1(C)OB(B2OC(C)(C)C(C)(C)O2)OC1(C)C.[2H]c1c([2H])c(-c2c([2H])c([2H])c([2H])c3c([2H])c([2H])c([2H])c([2H])c23)c([2H])c([2H])c1B1OC(C)(C)C(C)(C)O1.[2H]c1c([2H])c(-c2c([2H])c([2H])c([2H])c3c([2H])c([2H])c([2H])c([2H])c23)c([2H])c([2H])c1Br. The van der Waals surface area contributed by atoms with Gasteiger partial charge in [0.05, 0.1) is 63.8 Å². The van der Waals surface area contributed by atoms with Crippen LogP contribution >= 0.6 is 15.9 Å². The molecule has 0 radical (unpaired) electrons. The summed E-state index contributed by atoms with van der Waals surface area (Å²) in [6.45, 7) is 23.3. The Morgan fingerprint density at radius 1 is 0.383 bits per heavy atom. The maximum absolute atomic E-state index is 8.70. The Morgan fingerprint density at radius 3 is 1.08 bits per heavy atom. The maximum Gasteiger partial charge on any atom is 0.494 e. The summed E-state index contributed by atoms with van der Waals surface area (Å²) < 4.78 is 217. The zero-order valence-electron chi connectivity index (χ0n) is 57.6. The summed E-state index contributed by atoms with van der Waals surface area (Å²) in [6.07, 6.45) is 0. The van der Waals surface area contributed by atoms with Crippen LogP contribution in [-0.4, -0.2) is 54.7 Å². The van der Waals surface area contributed by atoms with Crippen LogP contribution in [0.25, 0.3) is 43.8 Å². The molecule has 0 atom stereocenters. The van der Waals surface area contributed by atoms with E-state index < -0.39 is 171 Å². The van der Waals surface area contributed by atoms with Crippen LogP contribution in [0.3, 0.4) is 0 Å². The number of halogens is 1. The van der Waals surface area contributed by atoms with Crippen molar-refractivity contribution in [2.75, 3.05) is 0 Å². The number of hydrogen-bond acceptors (Lipinski definition) is 6. The van der Waals surface area contributed by atoms with Crippen molar-refractivity contribution in [3.63, 3.8) is 0 Å². The second-order valence-electron chi connectivity index (χ2n) is 17.3. The Kier molecular flexibility index (Phi) is 6.67. The van der Waals surface area contributed by atoms with Crippen LogP contribution in [-0.2, 0) is 27.9 Å². The number of benzene rings is 6. The number of fused-ring (bicyclic) bond motifs is 2. The van der Waals surface area contributed by atoms with Crippen molar-refractivity contribution in [1.29, 1.82) is 0 Å². The lowest BCUT2D eigenvalue weighted by Gasteiger charge is -2.32. The molecule has 3 saturated heterocycles. The van der Waals surface area contributed by atoms with Gasteiger partial charge in [-0.15, -0.1) is 0 Å². The molecular weight excluding hydrogens is 809 g/mol. The predicted octanol–water partition coefficient (Wildman–Crippen LogP) is 12.3. The highest BCUT2D eigenvalue weighted by atomic mass is 79.9. The lowest BCUT2D eigenvalue weighted by Crippen LogP contribution is -2.41. The largest absolute Gasteiger partial charge is 0.494 e.